The van der Waals surface area contributed by atoms with E-state index in [-0.39, 0.29) is 0 Å². The van der Waals surface area contributed by atoms with Crippen molar-refractivity contribution in [3.8, 4) is 16.8 Å². The van der Waals surface area contributed by atoms with E-state index in [2.05, 4.69) is 16.1 Å². The second-order valence-electron chi connectivity index (χ2n) is 5.63. The lowest BCUT2D eigenvalue weighted by Crippen LogP contribution is -2.10. The van der Waals surface area contributed by atoms with Crippen molar-refractivity contribution in [3.05, 3.63) is 66.7 Å². The maximum absolute atomic E-state index is 11.2. The minimum Gasteiger partial charge on any atom is -0.366 e. The van der Waals surface area contributed by atoms with Gasteiger partial charge in [0, 0.05) is 30.1 Å². The van der Waals surface area contributed by atoms with E-state index in [1.54, 1.807) is 23.1 Å². The highest BCUT2D eigenvalue weighted by Crippen LogP contribution is 2.25. The van der Waals surface area contributed by atoms with Crippen LogP contribution in [-0.2, 0) is 7.05 Å². The molecule has 0 atom stereocenters. The van der Waals surface area contributed by atoms with Crippen molar-refractivity contribution in [1.82, 2.24) is 19.3 Å². The van der Waals surface area contributed by atoms with Crippen molar-refractivity contribution in [2.24, 2.45) is 12.8 Å². The van der Waals surface area contributed by atoms with Crippen LogP contribution in [0.2, 0.25) is 0 Å². The van der Waals surface area contributed by atoms with Gasteiger partial charge in [-0.3, -0.25) is 14.0 Å². The Labute approximate surface area is 138 Å². The monoisotopic (exact) mass is 317 g/mol. The van der Waals surface area contributed by atoms with Crippen LogP contribution in [-0.4, -0.2) is 25.2 Å². The molecule has 2 heterocycles. The lowest BCUT2D eigenvalue weighted by Gasteiger charge is -2.06. The summed E-state index contributed by atoms with van der Waals surface area (Å²) in [6, 6.07) is 13.3. The Morgan fingerprint density at radius 3 is 2.54 bits per heavy atom. The van der Waals surface area contributed by atoms with Crippen LogP contribution in [0.1, 0.15) is 10.4 Å². The van der Waals surface area contributed by atoms with Crippen LogP contribution in [0, 0.1) is 0 Å². The highest BCUT2D eigenvalue weighted by molar-refractivity contribution is 5.93. The molecule has 2 aromatic heterocycles. The van der Waals surface area contributed by atoms with Crippen molar-refractivity contribution in [1.29, 1.82) is 0 Å². The molecule has 1 amide bonds. The molecule has 0 unspecified atom stereocenters. The molecule has 0 radical (unpaired) electrons. The van der Waals surface area contributed by atoms with E-state index in [4.69, 9.17) is 5.73 Å². The van der Waals surface area contributed by atoms with Crippen LogP contribution in [0.3, 0.4) is 0 Å². The predicted molar refractivity (Wildman–Crippen MR) is 91.8 cm³/mol. The number of carbonyl (C=O) groups excluding carboxylic acids is 1. The third kappa shape index (κ3) is 2.34. The molecular weight excluding hydrogens is 302 g/mol. The highest BCUT2D eigenvalue weighted by Gasteiger charge is 2.08. The maximum Gasteiger partial charge on any atom is 0.248 e. The van der Waals surface area contributed by atoms with Gasteiger partial charge in [-0.15, -0.1) is 0 Å². The zero-order valence-electron chi connectivity index (χ0n) is 13.0. The number of aryl methyl sites for hydroxylation is 1. The quantitative estimate of drug-likeness (QED) is 0.630. The molecule has 0 aliphatic heterocycles. The van der Waals surface area contributed by atoms with Gasteiger partial charge in [-0.1, -0.05) is 6.07 Å². The van der Waals surface area contributed by atoms with Gasteiger partial charge in [-0.2, -0.15) is 5.10 Å². The van der Waals surface area contributed by atoms with E-state index in [0.717, 1.165) is 27.8 Å². The van der Waals surface area contributed by atoms with Crippen LogP contribution in [0.5, 0.6) is 0 Å². The van der Waals surface area contributed by atoms with E-state index in [0.29, 0.717) is 5.56 Å². The number of nitrogens with two attached hydrogens (primary N) is 1. The summed E-state index contributed by atoms with van der Waals surface area (Å²) in [6.45, 7) is 0. The van der Waals surface area contributed by atoms with E-state index in [9.17, 15) is 4.79 Å². The molecule has 0 aliphatic rings. The van der Waals surface area contributed by atoms with Crippen LogP contribution >= 0.6 is 0 Å². The average Bonchev–Trinajstić information content (AvgIpc) is 3.20. The summed E-state index contributed by atoms with van der Waals surface area (Å²) in [6.07, 6.45) is 5.59. The molecule has 2 aromatic carbocycles. The molecule has 0 saturated heterocycles. The minimum absolute atomic E-state index is 0.434. The Morgan fingerprint density at radius 1 is 1.08 bits per heavy atom. The molecule has 0 fully saturated rings. The SMILES string of the molecule is Cn1cc(-c2ccc3ncn(-c4ccc(C(N)=O)cc4)c3c2)cn1. The Bertz CT molecular complexity index is 1040. The Morgan fingerprint density at radius 2 is 1.88 bits per heavy atom. The molecule has 4 aromatic rings. The lowest BCUT2D eigenvalue weighted by atomic mass is 10.1. The molecule has 118 valence electrons. The van der Waals surface area contributed by atoms with Gasteiger partial charge in [0.25, 0.3) is 0 Å². The number of fused-ring (bicyclic) bond motifs is 1. The van der Waals surface area contributed by atoms with Gasteiger partial charge < -0.3 is 5.73 Å². The third-order valence-corrected chi connectivity index (χ3v) is 4.02. The highest BCUT2D eigenvalue weighted by atomic mass is 16.1. The van der Waals surface area contributed by atoms with Gasteiger partial charge in [0.1, 0.15) is 6.33 Å². The van der Waals surface area contributed by atoms with Gasteiger partial charge in [0.05, 0.1) is 17.2 Å². The summed E-state index contributed by atoms with van der Waals surface area (Å²) in [5, 5.41) is 4.22. The largest absolute Gasteiger partial charge is 0.366 e. The van der Waals surface area contributed by atoms with Gasteiger partial charge in [0.15, 0.2) is 0 Å². The van der Waals surface area contributed by atoms with E-state index in [1.807, 2.05) is 48.3 Å². The molecule has 0 saturated carbocycles. The summed E-state index contributed by atoms with van der Waals surface area (Å²) in [5.41, 5.74) is 10.7. The van der Waals surface area contributed by atoms with Crippen LogP contribution in [0.25, 0.3) is 27.8 Å². The summed E-state index contributed by atoms with van der Waals surface area (Å²) in [7, 11) is 1.90. The van der Waals surface area contributed by atoms with E-state index >= 15 is 0 Å². The molecule has 4 rings (SSSR count). The second kappa shape index (κ2) is 5.34. The van der Waals surface area contributed by atoms with Crippen LogP contribution < -0.4 is 5.73 Å². The van der Waals surface area contributed by atoms with E-state index < -0.39 is 5.91 Å². The Kier molecular flexibility index (Phi) is 3.16. The number of hydrogen-bond acceptors (Lipinski definition) is 3. The average molecular weight is 317 g/mol. The summed E-state index contributed by atoms with van der Waals surface area (Å²) >= 11 is 0. The molecule has 0 spiro atoms. The van der Waals surface area contributed by atoms with Crippen LogP contribution in [0.15, 0.2) is 61.2 Å². The van der Waals surface area contributed by atoms with Crippen molar-refractivity contribution in [2.75, 3.05) is 0 Å². The van der Waals surface area contributed by atoms with Gasteiger partial charge >= 0.3 is 0 Å². The first kappa shape index (κ1) is 14.2. The first-order valence-corrected chi connectivity index (χ1v) is 7.48. The standard InChI is InChI=1S/C18H15N5O/c1-22-10-14(9-21-22)13-4-7-16-17(8-13)23(11-20-16)15-5-2-12(3-6-15)18(19)24/h2-11H,1H3,(H2,19,24). The molecule has 0 aliphatic carbocycles. The smallest absolute Gasteiger partial charge is 0.248 e. The first-order chi connectivity index (χ1) is 11.6. The minimum atomic E-state index is -0.434. The number of rotatable bonds is 3. The predicted octanol–water partition coefficient (Wildman–Crippen LogP) is 2.52. The molecule has 24 heavy (non-hydrogen) atoms. The molecule has 6 nitrogen and oxygen atoms in total. The van der Waals surface area contributed by atoms with Crippen molar-refractivity contribution in [3.63, 3.8) is 0 Å². The number of benzene rings is 2. The Hall–Kier alpha value is -3.41. The summed E-state index contributed by atoms with van der Waals surface area (Å²) < 4.78 is 3.76. The zero-order valence-corrected chi connectivity index (χ0v) is 13.0. The van der Waals surface area contributed by atoms with Crippen molar-refractivity contribution in [2.45, 2.75) is 0 Å². The lowest BCUT2D eigenvalue weighted by molar-refractivity contribution is 0.100. The molecule has 6 heteroatoms. The molecule has 0 bridgehead atoms. The second-order valence-corrected chi connectivity index (χ2v) is 5.63. The topological polar surface area (TPSA) is 78.7 Å². The van der Waals surface area contributed by atoms with Crippen molar-refractivity contribution < 1.29 is 4.79 Å². The normalized spacial score (nSPS) is 11.0. The fourth-order valence-corrected chi connectivity index (χ4v) is 2.75. The number of aromatic nitrogens is 4. The molecule has 2 N–H and O–H groups in total. The van der Waals surface area contributed by atoms with Crippen LogP contribution in [0.4, 0.5) is 0 Å². The summed E-state index contributed by atoms with van der Waals surface area (Å²) in [4.78, 5) is 15.7. The first-order valence-electron chi connectivity index (χ1n) is 7.48. The Balaban J connectivity index is 1.82. The number of primary amides is 1. The van der Waals surface area contributed by atoms with Crippen molar-refractivity contribution >= 4 is 16.9 Å². The number of imidazole rings is 1. The van der Waals surface area contributed by atoms with Gasteiger partial charge in [-0.25, -0.2) is 4.98 Å². The number of nitrogens with zero attached hydrogens (tertiary/aromatic N) is 4. The van der Waals surface area contributed by atoms with Gasteiger partial charge in [0.2, 0.25) is 5.91 Å². The van der Waals surface area contributed by atoms with E-state index in [1.165, 1.54) is 0 Å². The van der Waals surface area contributed by atoms with Gasteiger partial charge in [-0.05, 0) is 42.0 Å². The third-order valence-electron chi connectivity index (χ3n) is 4.02. The number of hydrogen-bond donors (Lipinski definition) is 1. The zero-order chi connectivity index (χ0) is 16.7. The fraction of sp³-hybridized carbons (Fsp3) is 0.0556. The maximum atomic E-state index is 11.2. The fourth-order valence-electron chi connectivity index (χ4n) is 2.75. The molecular formula is C18H15N5O. The number of amides is 1. The number of carbonyl (C=O) groups is 1. The summed E-state index contributed by atoms with van der Waals surface area (Å²) in [5.74, 6) is -0.434.